The van der Waals surface area contributed by atoms with E-state index in [2.05, 4.69) is 37.7 Å². The number of halogens is 1. The molecule has 2 aliphatic heterocycles. The normalized spacial score (nSPS) is 21.9. The number of hydrogen-bond donors (Lipinski definition) is 1. The fraction of sp³-hybridized carbons (Fsp3) is 0.700. The lowest BCUT2D eigenvalue weighted by Gasteiger charge is -2.22. The van der Waals surface area contributed by atoms with E-state index in [9.17, 15) is 0 Å². The van der Waals surface area contributed by atoms with Gasteiger partial charge in [-0.25, -0.2) is 0 Å². The highest BCUT2D eigenvalue weighted by Crippen LogP contribution is 2.33. The molecule has 0 spiro atoms. The topological polar surface area (TPSA) is 29.9 Å². The van der Waals surface area contributed by atoms with Crippen LogP contribution in [0.5, 0.6) is 0 Å². The summed E-state index contributed by atoms with van der Waals surface area (Å²) in [5.41, 5.74) is 2.60. The second-order valence-electron chi connectivity index (χ2n) is 4.11. The van der Waals surface area contributed by atoms with Crippen LogP contribution in [0.4, 0.5) is 0 Å². The SMILES string of the molecule is Brc1c2c(nn1C1CCSCC1)CNC2. The van der Waals surface area contributed by atoms with Gasteiger partial charge in [-0.3, -0.25) is 4.68 Å². The Hall–Kier alpha value is -0.0000000000000000763. The van der Waals surface area contributed by atoms with Crippen molar-refractivity contribution in [3.8, 4) is 0 Å². The molecule has 15 heavy (non-hydrogen) atoms. The number of aromatic nitrogens is 2. The van der Waals surface area contributed by atoms with E-state index in [1.807, 2.05) is 0 Å². The first-order valence-electron chi connectivity index (χ1n) is 5.40. The van der Waals surface area contributed by atoms with Crippen molar-refractivity contribution in [3.05, 3.63) is 15.9 Å². The molecule has 1 aromatic heterocycles. The number of fused-ring (bicyclic) bond motifs is 1. The summed E-state index contributed by atoms with van der Waals surface area (Å²) in [6.07, 6.45) is 2.52. The first-order valence-corrected chi connectivity index (χ1v) is 7.35. The summed E-state index contributed by atoms with van der Waals surface area (Å²) in [7, 11) is 0. The third kappa shape index (κ3) is 1.74. The van der Waals surface area contributed by atoms with Crippen LogP contribution in [0.25, 0.3) is 0 Å². The molecule has 3 nitrogen and oxygen atoms in total. The van der Waals surface area contributed by atoms with Gasteiger partial charge in [-0.1, -0.05) is 0 Å². The zero-order valence-electron chi connectivity index (χ0n) is 8.50. The Morgan fingerprint density at radius 1 is 1.33 bits per heavy atom. The molecular formula is C10H14BrN3S. The fourth-order valence-electron chi connectivity index (χ4n) is 2.29. The van der Waals surface area contributed by atoms with E-state index in [0.29, 0.717) is 6.04 Å². The predicted molar refractivity (Wildman–Crippen MR) is 66.1 cm³/mol. The lowest BCUT2D eigenvalue weighted by Crippen LogP contribution is -2.18. The van der Waals surface area contributed by atoms with Crippen LogP contribution in [0.3, 0.4) is 0 Å². The maximum Gasteiger partial charge on any atom is 0.109 e. The van der Waals surface area contributed by atoms with Crippen molar-refractivity contribution in [1.29, 1.82) is 0 Å². The Morgan fingerprint density at radius 2 is 2.13 bits per heavy atom. The van der Waals surface area contributed by atoms with Crippen molar-refractivity contribution in [2.45, 2.75) is 32.0 Å². The Balaban J connectivity index is 1.91. The van der Waals surface area contributed by atoms with Gasteiger partial charge < -0.3 is 5.32 Å². The maximum atomic E-state index is 4.71. The zero-order valence-corrected chi connectivity index (χ0v) is 10.9. The van der Waals surface area contributed by atoms with Gasteiger partial charge in [-0.05, 0) is 40.3 Å². The average Bonchev–Trinajstić information content (AvgIpc) is 2.83. The highest BCUT2D eigenvalue weighted by Gasteiger charge is 2.25. The van der Waals surface area contributed by atoms with E-state index in [1.165, 1.54) is 40.2 Å². The highest BCUT2D eigenvalue weighted by atomic mass is 79.9. The first-order chi connectivity index (χ1) is 7.36. The fourth-order valence-corrected chi connectivity index (χ4v) is 4.11. The summed E-state index contributed by atoms with van der Waals surface area (Å²) in [4.78, 5) is 0. The van der Waals surface area contributed by atoms with Gasteiger partial charge in [0, 0.05) is 18.7 Å². The van der Waals surface area contributed by atoms with Gasteiger partial charge in [0.1, 0.15) is 4.60 Å². The number of thioether (sulfide) groups is 1. The Bertz CT molecular complexity index is 371. The van der Waals surface area contributed by atoms with E-state index < -0.39 is 0 Å². The molecule has 0 radical (unpaired) electrons. The quantitative estimate of drug-likeness (QED) is 0.860. The van der Waals surface area contributed by atoms with Crippen LogP contribution in [-0.2, 0) is 13.1 Å². The van der Waals surface area contributed by atoms with E-state index >= 15 is 0 Å². The van der Waals surface area contributed by atoms with Crippen LogP contribution in [0, 0.1) is 0 Å². The first kappa shape index (κ1) is 10.2. The summed E-state index contributed by atoms with van der Waals surface area (Å²) < 4.78 is 3.42. The van der Waals surface area contributed by atoms with E-state index in [1.54, 1.807) is 0 Å². The Morgan fingerprint density at radius 3 is 2.87 bits per heavy atom. The van der Waals surface area contributed by atoms with Crippen LogP contribution < -0.4 is 5.32 Å². The molecule has 1 fully saturated rings. The lowest BCUT2D eigenvalue weighted by molar-refractivity contribution is 0.414. The zero-order chi connectivity index (χ0) is 10.3. The molecule has 3 heterocycles. The van der Waals surface area contributed by atoms with Gasteiger partial charge in [0.2, 0.25) is 0 Å². The van der Waals surface area contributed by atoms with Crippen molar-refractivity contribution in [2.24, 2.45) is 0 Å². The van der Waals surface area contributed by atoms with Gasteiger partial charge in [-0.15, -0.1) is 0 Å². The van der Waals surface area contributed by atoms with Gasteiger partial charge in [0.25, 0.3) is 0 Å². The largest absolute Gasteiger partial charge is 0.307 e. The molecule has 1 aromatic rings. The third-order valence-corrected chi connectivity index (χ3v) is 5.05. The molecule has 0 saturated carbocycles. The molecule has 0 atom stereocenters. The van der Waals surface area contributed by atoms with Gasteiger partial charge >= 0.3 is 0 Å². The van der Waals surface area contributed by atoms with Gasteiger partial charge in [0.15, 0.2) is 0 Å². The molecule has 0 aromatic carbocycles. The van der Waals surface area contributed by atoms with Crippen LogP contribution in [0.1, 0.15) is 30.1 Å². The van der Waals surface area contributed by atoms with Crippen molar-refractivity contribution >= 4 is 27.7 Å². The number of hydrogen-bond acceptors (Lipinski definition) is 3. The van der Waals surface area contributed by atoms with Crippen molar-refractivity contribution in [2.75, 3.05) is 11.5 Å². The number of nitrogens with zero attached hydrogens (tertiary/aromatic N) is 2. The molecule has 0 aliphatic carbocycles. The van der Waals surface area contributed by atoms with E-state index in [0.717, 1.165) is 13.1 Å². The molecule has 0 unspecified atom stereocenters. The minimum absolute atomic E-state index is 0.617. The minimum Gasteiger partial charge on any atom is -0.307 e. The lowest BCUT2D eigenvalue weighted by atomic mass is 10.2. The van der Waals surface area contributed by atoms with Crippen molar-refractivity contribution in [3.63, 3.8) is 0 Å². The third-order valence-electron chi connectivity index (χ3n) is 3.16. The summed E-state index contributed by atoms with van der Waals surface area (Å²) in [5.74, 6) is 2.56. The van der Waals surface area contributed by atoms with Crippen LogP contribution >= 0.6 is 27.7 Å². The summed E-state index contributed by atoms with van der Waals surface area (Å²) in [6.45, 7) is 1.90. The average molecular weight is 288 g/mol. The monoisotopic (exact) mass is 287 g/mol. The Kier molecular flexibility index (Phi) is 2.79. The molecule has 82 valence electrons. The number of rotatable bonds is 1. The van der Waals surface area contributed by atoms with Crippen molar-refractivity contribution in [1.82, 2.24) is 15.1 Å². The smallest absolute Gasteiger partial charge is 0.109 e. The molecular weight excluding hydrogens is 274 g/mol. The van der Waals surface area contributed by atoms with Crippen LogP contribution in [0.15, 0.2) is 4.60 Å². The molecule has 1 N–H and O–H groups in total. The minimum atomic E-state index is 0.617. The molecule has 0 amide bonds. The van der Waals surface area contributed by atoms with E-state index in [-0.39, 0.29) is 0 Å². The molecule has 2 aliphatic rings. The van der Waals surface area contributed by atoms with Crippen LogP contribution in [-0.4, -0.2) is 21.3 Å². The molecule has 5 heteroatoms. The summed E-state index contributed by atoms with van der Waals surface area (Å²) in [6, 6.07) is 0.617. The Labute approximate surface area is 102 Å². The molecule has 0 bridgehead atoms. The molecule has 1 saturated heterocycles. The van der Waals surface area contributed by atoms with Crippen LogP contribution in [0.2, 0.25) is 0 Å². The number of nitrogens with one attached hydrogen (secondary N) is 1. The molecule has 3 rings (SSSR count). The summed E-state index contributed by atoms with van der Waals surface area (Å²) in [5, 5.41) is 8.04. The van der Waals surface area contributed by atoms with Crippen molar-refractivity contribution < 1.29 is 0 Å². The predicted octanol–water partition coefficient (Wildman–Crippen LogP) is 2.32. The van der Waals surface area contributed by atoms with Gasteiger partial charge in [0.05, 0.1) is 11.7 Å². The summed E-state index contributed by atoms with van der Waals surface area (Å²) >= 11 is 5.75. The van der Waals surface area contributed by atoms with Gasteiger partial charge in [-0.2, -0.15) is 16.9 Å². The second kappa shape index (κ2) is 4.11. The maximum absolute atomic E-state index is 4.71. The van der Waals surface area contributed by atoms with E-state index in [4.69, 9.17) is 5.10 Å². The second-order valence-corrected chi connectivity index (χ2v) is 6.08. The standard InChI is InChI=1S/C10H14BrN3S/c11-10-8-5-12-6-9(8)13-14(10)7-1-3-15-4-2-7/h7,12H,1-6H2. The highest BCUT2D eigenvalue weighted by molar-refractivity contribution is 9.10.